The maximum atomic E-state index is 9.75. The maximum Gasteiger partial charge on any atom is 0.143 e. The van der Waals surface area contributed by atoms with E-state index in [1.807, 2.05) is 18.2 Å². The van der Waals surface area contributed by atoms with E-state index < -0.39 is 0 Å². The zero-order valence-corrected chi connectivity index (χ0v) is 12.6. The summed E-state index contributed by atoms with van der Waals surface area (Å²) in [5.74, 6) is 0.970. The van der Waals surface area contributed by atoms with Gasteiger partial charge in [-0.1, -0.05) is 23.2 Å². The largest absolute Gasteiger partial charge is 0.508 e. The van der Waals surface area contributed by atoms with Crippen molar-refractivity contribution in [3.05, 3.63) is 46.4 Å². The van der Waals surface area contributed by atoms with Gasteiger partial charge in [0.2, 0.25) is 0 Å². The molecule has 5 heteroatoms. The Morgan fingerprint density at radius 2 is 1.90 bits per heavy atom. The SMILES string of the molecule is Oc1ccc(Cl)c(-c2nc3cc(Cl)ccc3n2C2CC2)c1. The summed E-state index contributed by atoms with van der Waals surface area (Å²) in [6.45, 7) is 0. The van der Waals surface area contributed by atoms with Gasteiger partial charge < -0.3 is 9.67 Å². The van der Waals surface area contributed by atoms with Crippen LogP contribution < -0.4 is 0 Å². The number of imidazole rings is 1. The van der Waals surface area contributed by atoms with Crippen LogP contribution >= 0.6 is 23.2 Å². The van der Waals surface area contributed by atoms with E-state index in [-0.39, 0.29) is 5.75 Å². The molecule has 0 aliphatic heterocycles. The van der Waals surface area contributed by atoms with E-state index in [9.17, 15) is 5.11 Å². The summed E-state index contributed by atoms with van der Waals surface area (Å²) in [5, 5.41) is 11.0. The van der Waals surface area contributed by atoms with Crippen LogP contribution in [0.2, 0.25) is 10.0 Å². The topological polar surface area (TPSA) is 38.1 Å². The standard InChI is InChI=1S/C16H12Cl2N2O/c17-9-1-6-15-14(7-9)19-16(20(15)10-2-3-10)12-8-11(21)4-5-13(12)18/h1,4-8,10,21H,2-3H2. The number of phenolic OH excluding ortho intramolecular Hbond substituents is 1. The third-order valence-corrected chi connectivity index (χ3v) is 4.32. The lowest BCUT2D eigenvalue weighted by molar-refractivity contribution is 0.475. The second-order valence-corrected chi connectivity index (χ2v) is 6.18. The predicted octanol–water partition coefficient (Wildman–Crippen LogP) is 5.05. The molecule has 1 fully saturated rings. The molecule has 0 amide bonds. The Morgan fingerprint density at radius 1 is 1.10 bits per heavy atom. The smallest absolute Gasteiger partial charge is 0.143 e. The molecule has 2 aromatic carbocycles. The van der Waals surface area contributed by atoms with Crippen LogP contribution in [0.4, 0.5) is 0 Å². The van der Waals surface area contributed by atoms with Crippen molar-refractivity contribution in [3.8, 4) is 17.1 Å². The summed E-state index contributed by atoms with van der Waals surface area (Å²) in [4.78, 5) is 4.69. The van der Waals surface area contributed by atoms with Crippen molar-refractivity contribution < 1.29 is 5.11 Å². The zero-order valence-electron chi connectivity index (χ0n) is 11.1. The molecule has 0 bridgehead atoms. The highest BCUT2D eigenvalue weighted by molar-refractivity contribution is 6.33. The van der Waals surface area contributed by atoms with Crippen molar-refractivity contribution in [2.24, 2.45) is 0 Å². The van der Waals surface area contributed by atoms with Crippen LogP contribution in [0, 0.1) is 0 Å². The van der Waals surface area contributed by atoms with E-state index in [0.717, 1.165) is 35.3 Å². The fourth-order valence-electron chi connectivity index (χ4n) is 2.65. The lowest BCUT2D eigenvalue weighted by atomic mass is 10.2. The van der Waals surface area contributed by atoms with Gasteiger partial charge in [-0.25, -0.2) is 4.98 Å². The molecule has 0 saturated heterocycles. The molecule has 0 unspecified atom stereocenters. The summed E-state index contributed by atoms with van der Waals surface area (Å²) in [5.41, 5.74) is 2.65. The van der Waals surface area contributed by atoms with E-state index >= 15 is 0 Å². The van der Waals surface area contributed by atoms with Crippen LogP contribution in [-0.4, -0.2) is 14.7 Å². The lowest BCUT2D eigenvalue weighted by Gasteiger charge is -2.09. The Balaban J connectivity index is 2.03. The van der Waals surface area contributed by atoms with Crippen molar-refractivity contribution in [1.29, 1.82) is 0 Å². The molecule has 4 rings (SSSR count). The minimum atomic E-state index is 0.182. The van der Waals surface area contributed by atoms with Gasteiger partial charge in [-0.2, -0.15) is 0 Å². The quantitative estimate of drug-likeness (QED) is 0.718. The molecule has 21 heavy (non-hydrogen) atoms. The molecular weight excluding hydrogens is 307 g/mol. The fourth-order valence-corrected chi connectivity index (χ4v) is 3.02. The predicted molar refractivity (Wildman–Crippen MR) is 85.1 cm³/mol. The number of aromatic hydroxyl groups is 1. The summed E-state index contributed by atoms with van der Waals surface area (Å²) in [6, 6.07) is 11.1. The number of nitrogens with zero attached hydrogens (tertiary/aromatic N) is 2. The van der Waals surface area contributed by atoms with E-state index in [1.54, 1.807) is 18.2 Å². The molecule has 1 aliphatic carbocycles. The first kappa shape index (κ1) is 13.0. The van der Waals surface area contributed by atoms with Crippen molar-refractivity contribution in [2.75, 3.05) is 0 Å². The van der Waals surface area contributed by atoms with E-state index in [4.69, 9.17) is 23.2 Å². The summed E-state index contributed by atoms with van der Waals surface area (Å²) < 4.78 is 2.20. The Bertz CT molecular complexity index is 853. The number of fused-ring (bicyclic) bond motifs is 1. The van der Waals surface area contributed by atoms with Crippen LogP contribution in [0.5, 0.6) is 5.75 Å². The molecule has 1 heterocycles. The molecule has 0 atom stereocenters. The van der Waals surface area contributed by atoms with Crippen LogP contribution in [-0.2, 0) is 0 Å². The van der Waals surface area contributed by atoms with E-state index in [1.165, 1.54) is 0 Å². The average Bonchev–Trinajstić information content (AvgIpc) is 3.22. The van der Waals surface area contributed by atoms with E-state index in [2.05, 4.69) is 9.55 Å². The highest BCUT2D eigenvalue weighted by Crippen LogP contribution is 2.43. The van der Waals surface area contributed by atoms with Crippen LogP contribution in [0.3, 0.4) is 0 Å². The number of benzene rings is 2. The van der Waals surface area contributed by atoms with Crippen LogP contribution in [0.25, 0.3) is 22.4 Å². The van der Waals surface area contributed by atoms with Gasteiger partial charge in [0.05, 0.1) is 16.1 Å². The molecule has 3 aromatic rings. The summed E-state index contributed by atoms with van der Waals surface area (Å²) in [7, 11) is 0. The van der Waals surface area contributed by atoms with Crippen molar-refractivity contribution >= 4 is 34.2 Å². The summed E-state index contributed by atoms with van der Waals surface area (Å²) in [6.07, 6.45) is 2.27. The van der Waals surface area contributed by atoms with Gasteiger partial charge in [0, 0.05) is 16.6 Å². The molecule has 0 radical (unpaired) electrons. The van der Waals surface area contributed by atoms with Gasteiger partial charge >= 0.3 is 0 Å². The number of halogens is 2. The zero-order chi connectivity index (χ0) is 14.6. The van der Waals surface area contributed by atoms with Gasteiger partial charge in [0.1, 0.15) is 11.6 Å². The molecule has 1 N–H and O–H groups in total. The molecule has 106 valence electrons. The average molecular weight is 319 g/mol. The van der Waals surface area contributed by atoms with Gasteiger partial charge in [-0.15, -0.1) is 0 Å². The Hall–Kier alpha value is -1.71. The highest BCUT2D eigenvalue weighted by Gasteiger charge is 2.29. The van der Waals surface area contributed by atoms with Crippen molar-refractivity contribution in [2.45, 2.75) is 18.9 Å². The third kappa shape index (κ3) is 2.17. The Morgan fingerprint density at radius 3 is 2.67 bits per heavy atom. The Labute approximate surface area is 131 Å². The minimum absolute atomic E-state index is 0.182. The molecule has 1 aliphatic rings. The monoisotopic (exact) mass is 318 g/mol. The first-order valence-electron chi connectivity index (χ1n) is 6.80. The van der Waals surface area contributed by atoms with E-state index in [0.29, 0.717) is 16.1 Å². The van der Waals surface area contributed by atoms with Gasteiger partial charge in [-0.05, 0) is 49.2 Å². The maximum absolute atomic E-state index is 9.75. The highest BCUT2D eigenvalue weighted by atomic mass is 35.5. The molecule has 0 spiro atoms. The van der Waals surface area contributed by atoms with Gasteiger partial charge in [0.25, 0.3) is 0 Å². The first-order valence-corrected chi connectivity index (χ1v) is 7.55. The number of phenols is 1. The number of rotatable bonds is 2. The number of hydrogen-bond acceptors (Lipinski definition) is 2. The van der Waals surface area contributed by atoms with Crippen molar-refractivity contribution in [3.63, 3.8) is 0 Å². The molecule has 1 saturated carbocycles. The minimum Gasteiger partial charge on any atom is -0.508 e. The van der Waals surface area contributed by atoms with Crippen molar-refractivity contribution in [1.82, 2.24) is 9.55 Å². The Kier molecular flexibility index (Phi) is 2.88. The second kappa shape index (κ2) is 4.65. The molecule has 3 nitrogen and oxygen atoms in total. The summed E-state index contributed by atoms with van der Waals surface area (Å²) >= 11 is 12.4. The lowest BCUT2D eigenvalue weighted by Crippen LogP contribution is -1.97. The first-order chi connectivity index (χ1) is 10.1. The fraction of sp³-hybridized carbons (Fsp3) is 0.188. The molecule has 1 aromatic heterocycles. The van der Waals surface area contributed by atoms with Gasteiger partial charge in [0.15, 0.2) is 0 Å². The van der Waals surface area contributed by atoms with Crippen LogP contribution in [0.1, 0.15) is 18.9 Å². The van der Waals surface area contributed by atoms with Gasteiger partial charge in [-0.3, -0.25) is 0 Å². The number of hydrogen-bond donors (Lipinski definition) is 1. The second-order valence-electron chi connectivity index (χ2n) is 5.33. The normalized spacial score (nSPS) is 14.8. The third-order valence-electron chi connectivity index (χ3n) is 3.75. The number of aromatic nitrogens is 2. The molecular formula is C16H12Cl2N2O. The van der Waals surface area contributed by atoms with Crippen LogP contribution in [0.15, 0.2) is 36.4 Å².